The third kappa shape index (κ3) is 6.59. The first kappa shape index (κ1) is 21.8. The molecular weight excluding hydrogens is 380 g/mol. The second-order valence-corrected chi connectivity index (χ2v) is 8.06. The fourth-order valence-corrected chi connectivity index (χ4v) is 3.56. The fourth-order valence-electron chi connectivity index (χ4n) is 3.56. The number of nitrogens with one attached hydrogen (secondary N) is 1. The number of β-amino-alcohol motifs (C(OH)–C–C–N with tert-alkyl or cyclic N) is 1. The first-order chi connectivity index (χ1) is 14.4. The van der Waals surface area contributed by atoms with Gasteiger partial charge < -0.3 is 20.1 Å². The molecule has 2 aromatic rings. The SMILES string of the molecule is CC1(O)CCN(C(=O)C(=O)NCCc2cccc(OCCCc3ccccc3)c2)C1. The zero-order valence-corrected chi connectivity index (χ0v) is 17.5. The van der Waals surface area contributed by atoms with Crippen molar-refractivity contribution in [3.05, 3.63) is 65.7 Å². The Morgan fingerprint density at radius 2 is 1.87 bits per heavy atom. The Bertz CT molecular complexity index is 851. The molecule has 6 nitrogen and oxygen atoms in total. The van der Waals surface area contributed by atoms with E-state index in [2.05, 4.69) is 17.4 Å². The molecule has 0 bridgehead atoms. The monoisotopic (exact) mass is 410 g/mol. The Kier molecular flexibility index (Phi) is 7.46. The average molecular weight is 411 g/mol. The topological polar surface area (TPSA) is 78.9 Å². The molecule has 30 heavy (non-hydrogen) atoms. The number of hydrogen-bond acceptors (Lipinski definition) is 4. The van der Waals surface area contributed by atoms with Gasteiger partial charge in [0.1, 0.15) is 5.75 Å². The van der Waals surface area contributed by atoms with Gasteiger partial charge in [0.2, 0.25) is 0 Å². The maximum absolute atomic E-state index is 12.2. The minimum Gasteiger partial charge on any atom is -0.494 e. The molecule has 2 amide bonds. The van der Waals surface area contributed by atoms with Gasteiger partial charge in [-0.05, 0) is 55.9 Å². The van der Waals surface area contributed by atoms with Crippen LogP contribution in [0.5, 0.6) is 5.75 Å². The van der Waals surface area contributed by atoms with Gasteiger partial charge in [-0.2, -0.15) is 0 Å². The summed E-state index contributed by atoms with van der Waals surface area (Å²) in [6.07, 6.45) is 3.02. The van der Waals surface area contributed by atoms with Crippen LogP contribution in [-0.4, -0.2) is 53.7 Å². The largest absolute Gasteiger partial charge is 0.494 e. The summed E-state index contributed by atoms with van der Waals surface area (Å²) in [5, 5.41) is 12.6. The number of aryl methyl sites for hydroxylation is 1. The quantitative estimate of drug-likeness (QED) is 0.517. The molecular formula is C24H30N2O4. The number of ether oxygens (including phenoxy) is 1. The van der Waals surface area contributed by atoms with Crippen molar-refractivity contribution < 1.29 is 19.4 Å². The predicted octanol–water partition coefficient (Wildman–Crippen LogP) is 2.34. The number of amides is 2. The maximum Gasteiger partial charge on any atom is 0.311 e. The normalized spacial score (nSPS) is 18.3. The van der Waals surface area contributed by atoms with E-state index in [0.29, 0.717) is 32.5 Å². The molecule has 1 atom stereocenters. The van der Waals surface area contributed by atoms with Crippen LogP contribution in [0.3, 0.4) is 0 Å². The molecule has 160 valence electrons. The molecule has 2 N–H and O–H groups in total. The van der Waals surface area contributed by atoms with Gasteiger partial charge in [-0.15, -0.1) is 0 Å². The molecule has 0 aromatic heterocycles. The highest BCUT2D eigenvalue weighted by Gasteiger charge is 2.36. The Balaban J connectivity index is 1.37. The summed E-state index contributed by atoms with van der Waals surface area (Å²) in [5.41, 5.74) is 1.43. The van der Waals surface area contributed by atoms with E-state index < -0.39 is 17.4 Å². The van der Waals surface area contributed by atoms with Crippen LogP contribution < -0.4 is 10.1 Å². The molecule has 1 aliphatic rings. The standard InChI is InChI=1S/C24H30N2O4/c1-24(29)13-15-26(18-24)23(28)22(27)25-14-12-20-9-5-11-21(17-20)30-16-6-10-19-7-3-2-4-8-19/h2-5,7-9,11,17,29H,6,10,12-16,18H2,1H3,(H,25,27). The molecule has 0 saturated carbocycles. The number of rotatable bonds is 8. The molecule has 2 aromatic carbocycles. The lowest BCUT2D eigenvalue weighted by atomic mass is 10.1. The van der Waals surface area contributed by atoms with E-state index in [1.54, 1.807) is 6.92 Å². The summed E-state index contributed by atoms with van der Waals surface area (Å²) < 4.78 is 5.85. The fraction of sp³-hybridized carbons (Fsp3) is 0.417. The van der Waals surface area contributed by atoms with Gasteiger partial charge >= 0.3 is 11.8 Å². The molecule has 1 aliphatic heterocycles. The molecule has 0 radical (unpaired) electrons. The Morgan fingerprint density at radius 3 is 2.60 bits per heavy atom. The van der Waals surface area contributed by atoms with Crippen molar-refractivity contribution >= 4 is 11.8 Å². The minimum atomic E-state index is -0.905. The number of benzene rings is 2. The van der Waals surface area contributed by atoms with Crippen molar-refractivity contribution in [2.45, 2.75) is 38.2 Å². The molecule has 1 heterocycles. The van der Waals surface area contributed by atoms with E-state index in [-0.39, 0.29) is 6.54 Å². The molecule has 1 unspecified atom stereocenters. The summed E-state index contributed by atoms with van der Waals surface area (Å²) in [7, 11) is 0. The zero-order chi connectivity index (χ0) is 21.4. The van der Waals surface area contributed by atoms with Crippen molar-refractivity contribution in [1.29, 1.82) is 0 Å². The van der Waals surface area contributed by atoms with Gasteiger partial charge in [0.25, 0.3) is 0 Å². The lowest BCUT2D eigenvalue weighted by Crippen LogP contribution is -2.43. The van der Waals surface area contributed by atoms with E-state index in [4.69, 9.17) is 4.74 Å². The van der Waals surface area contributed by atoms with Gasteiger partial charge in [0.15, 0.2) is 0 Å². The van der Waals surface area contributed by atoms with Crippen molar-refractivity contribution in [2.24, 2.45) is 0 Å². The van der Waals surface area contributed by atoms with Crippen LogP contribution in [0.1, 0.15) is 30.9 Å². The van der Waals surface area contributed by atoms with Gasteiger partial charge in [-0.25, -0.2) is 0 Å². The first-order valence-corrected chi connectivity index (χ1v) is 10.5. The molecule has 0 spiro atoms. The minimum absolute atomic E-state index is 0.197. The number of likely N-dealkylation sites (tertiary alicyclic amines) is 1. The van der Waals surface area contributed by atoms with Gasteiger partial charge in [-0.1, -0.05) is 42.5 Å². The molecule has 6 heteroatoms. The first-order valence-electron chi connectivity index (χ1n) is 10.5. The Labute approximate surface area is 177 Å². The Morgan fingerprint density at radius 1 is 1.10 bits per heavy atom. The van der Waals surface area contributed by atoms with Crippen LogP contribution in [0, 0.1) is 0 Å². The van der Waals surface area contributed by atoms with Crippen molar-refractivity contribution in [2.75, 3.05) is 26.2 Å². The predicted molar refractivity (Wildman–Crippen MR) is 115 cm³/mol. The highest BCUT2D eigenvalue weighted by Crippen LogP contribution is 2.20. The number of carbonyl (C=O) groups is 2. The van der Waals surface area contributed by atoms with E-state index >= 15 is 0 Å². The van der Waals surface area contributed by atoms with Crippen LogP contribution in [-0.2, 0) is 22.4 Å². The van der Waals surface area contributed by atoms with Crippen LogP contribution in [0.15, 0.2) is 54.6 Å². The van der Waals surface area contributed by atoms with E-state index in [9.17, 15) is 14.7 Å². The second kappa shape index (κ2) is 10.3. The third-order valence-electron chi connectivity index (χ3n) is 5.25. The van der Waals surface area contributed by atoms with E-state index in [0.717, 1.165) is 24.2 Å². The van der Waals surface area contributed by atoms with Crippen LogP contribution in [0.2, 0.25) is 0 Å². The van der Waals surface area contributed by atoms with Gasteiger partial charge in [0.05, 0.1) is 12.2 Å². The summed E-state index contributed by atoms with van der Waals surface area (Å²) in [5.74, 6) is -0.397. The van der Waals surface area contributed by atoms with Crippen molar-refractivity contribution in [1.82, 2.24) is 10.2 Å². The molecule has 1 fully saturated rings. The van der Waals surface area contributed by atoms with E-state index in [1.807, 2.05) is 42.5 Å². The second-order valence-electron chi connectivity index (χ2n) is 8.06. The lowest BCUT2D eigenvalue weighted by molar-refractivity contribution is -0.145. The summed E-state index contributed by atoms with van der Waals surface area (Å²) >= 11 is 0. The highest BCUT2D eigenvalue weighted by molar-refractivity contribution is 6.35. The van der Waals surface area contributed by atoms with E-state index in [1.165, 1.54) is 10.5 Å². The smallest absolute Gasteiger partial charge is 0.311 e. The number of nitrogens with zero attached hydrogens (tertiary/aromatic N) is 1. The summed E-state index contributed by atoms with van der Waals surface area (Å²) in [6, 6.07) is 18.1. The summed E-state index contributed by atoms with van der Waals surface area (Å²) in [4.78, 5) is 25.6. The number of aliphatic hydroxyl groups is 1. The molecule has 0 aliphatic carbocycles. The zero-order valence-electron chi connectivity index (χ0n) is 17.5. The average Bonchev–Trinajstić information content (AvgIpc) is 3.11. The third-order valence-corrected chi connectivity index (χ3v) is 5.25. The van der Waals surface area contributed by atoms with Crippen LogP contribution >= 0.6 is 0 Å². The Hall–Kier alpha value is -2.86. The lowest BCUT2D eigenvalue weighted by Gasteiger charge is -2.18. The molecule has 3 rings (SSSR count). The number of carbonyl (C=O) groups excluding carboxylic acids is 2. The molecule has 1 saturated heterocycles. The highest BCUT2D eigenvalue weighted by atomic mass is 16.5. The van der Waals surface area contributed by atoms with Crippen LogP contribution in [0.4, 0.5) is 0 Å². The van der Waals surface area contributed by atoms with Crippen LogP contribution in [0.25, 0.3) is 0 Å². The van der Waals surface area contributed by atoms with Crippen molar-refractivity contribution in [3.63, 3.8) is 0 Å². The van der Waals surface area contributed by atoms with Gasteiger partial charge in [0, 0.05) is 19.6 Å². The van der Waals surface area contributed by atoms with Gasteiger partial charge in [-0.3, -0.25) is 9.59 Å². The maximum atomic E-state index is 12.2. The summed E-state index contributed by atoms with van der Waals surface area (Å²) in [6.45, 7) is 3.29. The van der Waals surface area contributed by atoms with Crippen molar-refractivity contribution in [3.8, 4) is 5.75 Å². The number of hydrogen-bond donors (Lipinski definition) is 2.